The van der Waals surface area contributed by atoms with Crippen molar-refractivity contribution in [2.45, 2.75) is 6.54 Å². The maximum Gasteiger partial charge on any atom is 0.335 e. The van der Waals surface area contributed by atoms with Crippen molar-refractivity contribution in [2.24, 2.45) is 0 Å². The van der Waals surface area contributed by atoms with Crippen molar-refractivity contribution in [3.8, 4) is 0 Å². The maximum absolute atomic E-state index is 13.2. The Bertz CT molecular complexity index is 1120. The molecule has 1 saturated heterocycles. The molecule has 0 bridgehead atoms. The number of anilines is 1. The van der Waals surface area contributed by atoms with Crippen LogP contribution in [0.2, 0.25) is 0 Å². The first-order valence-electron chi connectivity index (χ1n) is 8.89. The smallest absolute Gasteiger partial charge is 0.335 e. The van der Waals surface area contributed by atoms with Crippen molar-refractivity contribution in [3.05, 3.63) is 95.6 Å². The van der Waals surface area contributed by atoms with Crippen LogP contribution in [0.3, 0.4) is 0 Å². The molecular weight excluding hydrogens is 373 g/mol. The maximum atomic E-state index is 13.2. The van der Waals surface area contributed by atoms with Crippen molar-refractivity contribution in [1.82, 2.24) is 9.88 Å². The molecule has 0 aliphatic carbocycles. The molecule has 6 nitrogen and oxygen atoms in total. The number of nitrogens with zero attached hydrogens (tertiary/aromatic N) is 2. The van der Waals surface area contributed by atoms with E-state index >= 15 is 0 Å². The first kappa shape index (κ1) is 18.4. The minimum absolute atomic E-state index is 0.173. The first-order valence-corrected chi connectivity index (χ1v) is 8.89. The summed E-state index contributed by atoms with van der Waals surface area (Å²) < 4.78 is 15.1. The molecule has 1 fully saturated rings. The number of rotatable bonds is 4. The van der Waals surface area contributed by atoms with Gasteiger partial charge in [0.25, 0.3) is 11.8 Å². The van der Waals surface area contributed by atoms with Gasteiger partial charge in [-0.05, 0) is 48.0 Å². The summed E-state index contributed by atoms with van der Waals surface area (Å²) in [5.74, 6) is -2.03. The first-order chi connectivity index (χ1) is 14.0. The third-order valence-electron chi connectivity index (χ3n) is 4.54. The average Bonchev–Trinajstić information content (AvgIpc) is 3.14. The fourth-order valence-electron chi connectivity index (χ4n) is 3.11. The Labute approximate surface area is 165 Å². The van der Waals surface area contributed by atoms with Crippen LogP contribution in [0.5, 0.6) is 0 Å². The van der Waals surface area contributed by atoms with E-state index < -0.39 is 23.7 Å². The van der Waals surface area contributed by atoms with Gasteiger partial charge in [0.05, 0.1) is 5.69 Å². The van der Waals surface area contributed by atoms with Gasteiger partial charge in [-0.25, -0.2) is 14.1 Å². The number of hydrogen-bond acceptors (Lipinski definition) is 3. The van der Waals surface area contributed by atoms with E-state index in [1.807, 2.05) is 47.2 Å². The summed E-state index contributed by atoms with van der Waals surface area (Å²) in [5, 5.41) is 2.16. The monoisotopic (exact) mass is 389 g/mol. The van der Waals surface area contributed by atoms with Gasteiger partial charge in [0.2, 0.25) is 0 Å². The Kier molecular flexibility index (Phi) is 4.78. The van der Waals surface area contributed by atoms with Crippen LogP contribution < -0.4 is 10.2 Å². The molecule has 0 saturated carbocycles. The topological polar surface area (TPSA) is 71.4 Å². The lowest BCUT2D eigenvalue weighted by molar-refractivity contribution is -0.122. The third kappa shape index (κ3) is 3.70. The minimum atomic E-state index is -0.872. The number of benzene rings is 2. The lowest BCUT2D eigenvalue weighted by atomic mass is 10.1. The van der Waals surface area contributed by atoms with Gasteiger partial charge >= 0.3 is 6.03 Å². The molecule has 29 heavy (non-hydrogen) atoms. The number of hydrogen-bond donors (Lipinski definition) is 1. The van der Waals surface area contributed by atoms with E-state index in [2.05, 4.69) is 5.32 Å². The van der Waals surface area contributed by atoms with E-state index in [1.54, 1.807) is 6.07 Å². The predicted molar refractivity (Wildman–Crippen MR) is 105 cm³/mol. The van der Waals surface area contributed by atoms with E-state index in [4.69, 9.17) is 0 Å². The fraction of sp³-hybridized carbons (Fsp3) is 0.0455. The predicted octanol–water partition coefficient (Wildman–Crippen LogP) is 3.34. The van der Waals surface area contributed by atoms with E-state index in [0.29, 0.717) is 12.2 Å². The normalized spacial score (nSPS) is 15.7. The van der Waals surface area contributed by atoms with Crippen molar-refractivity contribution >= 4 is 29.6 Å². The molecule has 3 aromatic rings. The van der Waals surface area contributed by atoms with Crippen molar-refractivity contribution < 1.29 is 18.8 Å². The van der Waals surface area contributed by atoms with Crippen LogP contribution >= 0.6 is 0 Å². The van der Waals surface area contributed by atoms with Crippen LogP contribution in [-0.4, -0.2) is 22.4 Å². The molecule has 0 spiro atoms. The van der Waals surface area contributed by atoms with E-state index in [0.717, 1.165) is 22.6 Å². The number of nitrogens with one attached hydrogen (secondary N) is 1. The van der Waals surface area contributed by atoms with E-state index in [-0.39, 0.29) is 11.3 Å². The summed E-state index contributed by atoms with van der Waals surface area (Å²) in [7, 11) is 0. The number of carbonyl (C=O) groups excluding carboxylic acids is 3. The van der Waals surface area contributed by atoms with E-state index in [9.17, 15) is 18.8 Å². The highest BCUT2D eigenvalue weighted by molar-refractivity contribution is 6.39. The standard InChI is InChI=1S/C22H16FN3O3/c23-16-8-10-17(11-9-16)26-21(28)19(20(27)24-22(26)29)13-18-7-4-12-25(18)14-15-5-2-1-3-6-15/h1-13H,14H2,(H,24,27,29). The van der Waals surface area contributed by atoms with Crippen LogP contribution in [-0.2, 0) is 16.1 Å². The molecular formula is C22H16FN3O3. The van der Waals surface area contributed by atoms with Gasteiger partial charge in [-0.15, -0.1) is 0 Å². The van der Waals surface area contributed by atoms with Crippen molar-refractivity contribution in [3.63, 3.8) is 0 Å². The summed E-state index contributed by atoms with van der Waals surface area (Å²) in [6, 6.07) is 17.3. The van der Waals surface area contributed by atoms with Gasteiger partial charge in [0.1, 0.15) is 11.4 Å². The van der Waals surface area contributed by atoms with Gasteiger partial charge < -0.3 is 4.57 Å². The molecule has 4 rings (SSSR count). The third-order valence-corrected chi connectivity index (χ3v) is 4.54. The molecule has 7 heteroatoms. The van der Waals surface area contributed by atoms with Gasteiger partial charge in [0, 0.05) is 18.4 Å². The molecule has 1 aliphatic heterocycles. The van der Waals surface area contributed by atoms with Gasteiger partial charge in [-0.1, -0.05) is 30.3 Å². The number of carbonyl (C=O) groups is 3. The number of aromatic nitrogens is 1. The van der Waals surface area contributed by atoms with Crippen LogP contribution in [0.15, 0.2) is 78.5 Å². The average molecular weight is 389 g/mol. The van der Waals surface area contributed by atoms with E-state index in [1.165, 1.54) is 18.2 Å². The lowest BCUT2D eigenvalue weighted by Crippen LogP contribution is -2.54. The minimum Gasteiger partial charge on any atom is -0.344 e. The SMILES string of the molecule is O=C1NC(=O)N(c2ccc(F)cc2)C(=O)C1=Cc1cccn1Cc1ccccc1. The summed E-state index contributed by atoms with van der Waals surface area (Å²) in [6.45, 7) is 0.559. The summed E-state index contributed by atoms with van der Waals surface area (Å²) >= 11 is 0. The van der Waals surface area contributed by atoms with Crippen molar-refractivity contribution in [2.75, 3.05) is 4.90 Å². The molecule has 1 aliphatic rings. The zero-order chi connectivity index (χ0) is 20.4. The second-order valence-electron chi connectivity index (χ2n) is 6.48. The van der Waals surface area contributed by atoms with Crippen LogP contribution in [0.4, 0.5) is 14.9 Å². The highest BCUT2D eigenvalue weighted by atomic mass is 19.1. The Morgan fingerprint density at radius 1 is 0.897 bits per heavy atom. The summed E-state index contributed by atoms with van der Waals surface area (Å²) in [5.41, 5.74) is 1.69. The second-order valence-corrected chi connectivity index (χ2v) is 6.48. The van der Waals surface area contributed by atoms with Gasteiger partial charge in [-0.3, -0.25) is 14.9 Å². The molecule has 0 unspecified atom stereocenters. The van der Waals surface area contributed by atoms with Crippen LogP contribution in [0.25, 0.3) is 6.08 Å². The fourth-order valence-corrected chi connectivity index (χ4v) is 3.11. The Balaban J connectivity index is 1.67. The van der Waals surface area contributed by atoms with Crippen molar-refractivity contribution in [1.29, 1.82) is 0 Å². The number of barbiturate groups is 1. The molecule has 1 N–H and O–H groups in total. The van der Waals surface area contributed by atoms with Gasteiger partial charge in [0.15, 0.2) is 0 Å². The molecule has 4 amide bonds. The number of halogens is 1. The largest absolute Gasteiger partial charge is 0.344 e. The number of imide groups is 2. The number of amides is 4. The molecule has 0 atom stereocenters. The zero-order valence-electron chi connectivity index (χ0n) is 15.2. The van der Waals surface area contributed by atoms with Crippen LogP contribution in [0, 0.1) is 5.82 Å². The molecule has 0 radical (unpaired) electrons. The summed E-state index contributed by atoms with van der Waals surface area (Å²) in [6.07, 6.45) is 3.29. The molecule has 2 heterocycles. The zero-order valence-corrected chi connectivity index (χ0v) is 15.2. The van der Waals surface area contributed by atoms with Gasteiger partial charge in [-0.2, -0.15) is 0 Å². The van der Waals surface area contributed by atoms with Crippen LogP contribution in [0.1, 0.15) is 11.3 Å². The Hall–Kier alpha value is -4.00. The highest BCUT2D eigenvalue weighted by Crippen LogP contribution is 2.22. The Morgan fingerprint density at radius 3 is 2.34 bits per heavy atom. The lowest BCUT2D eigenvalue weighted by Gasteiger charge is -2.26. The molecule has 1 aromatic heterocycles. The Morgan fingerprint density at radius 2 is 1.62 bits per heavy atom. The summed E-state index contributed by atoms with van der Waals surface area (Å²) in [4.78, 5) is 38.2. The molecule has 2 aromatic carbocycles. The highest BCUT2D eigenvalue weighted by Gasteiger charge is 2.36. The quantitative estimate of drug-likeness (QED) is 0.550. The number of urea groups is 1. The second kappa shape index (κ2) is 7.55. The molecule has 144 valence electrons.